The number of para-hydroxylation sites is 2. The minimum Gasteiger partial charge on any atom is -0.277 e. The maximum Gasteiger partial charge on any atom is 0.334 e. The lowest BCUT2D eigenvalue weighted by molar-refractivity contribution is -0.385. The second-order valence-corrected chi connectivity index (χ2v) is 5.16. The quantitative estimate of drug-likeness (QED) is 0.547. The van der Waals surface area contributed by atoms with E-state index in [2.05, 4.69) is 10.1 Å². The predicted molar refractivity (Wildman–Crippen MR) is 78.6 cm³/mol. The number of hydrogen-bond donors (Lipinski definition) is 0. The van der Waals surface area contributed by atoms with E-state index in [1.165, 1.54) is 0 Å². The first-order chi connectivity index (χ1) is 10.0. The van der Waals surface area contributed by atoms with Crippen LogP contribution in [0.4, 0.5) is 5.69 Å². The van der Waals surface area contributed by atoms with Crippen LogP contribution in [0.2, 0.25) is 0 Å². The molecule has 21 heavy (non-hydrogen) atoms. The van der Waals surface area contributed by atoms with E-state index in [1.807, 2.05) is 38.1 Å². The van der Waals surface area contributed by atoms with Gasteiger partial charge in [-0.2, -0.15) is 5.10 Å². The fraction of sp³-hybridized carbons (Fsp3) is 0.286. The van der Waals surface area contributed by atoms with Gasteiger partial charge in [-0.25, -0.2) is 9.67 Å². The average Bonchev–Trinajstić information content (AvgIpc) is 2.99. The molecule has 0 amide bonds. The minimum atomic E-state index is -0.384. The van der Waals surface area contributed by atoms with Crippen LogP contribution in [0.15, 0.2) is 30.6 Å². The first-order valence-corrected chi connectivity index (χ1v) is 6.66. The Labute approximate surface area is 121 Å². The molecule has 1 aromatic carbocycles. The zero-order valence-electron chi connectivity index (χ0n) is 12.0. The van der Waals surface area contributed by atoms with Crippen molar-refractivity contribution in [2.75, 3.05) is 0 Å². The number of nitro groups is 1. The Morgan fingerprint density at radius 2 is 2.00 bits per heavy atom. The van der Waals surface area contributed by atoms with Crippen LogP contribution in [0, 0.1) is 17.0 Å². The normalized spacial score (nSPS) is 11.4. The monoisotopic (exact) mass is 285 g/mol. The molecule has 7 heteroatoms. The second kappa shape index (κ2) is 4.69. The summed E-state index contributed by atoms with van der Waals surface area (Å²) in [7, 11) is 0. The number of nitrogens with zero attached hydrogens (tertiary/aromatic N) is 5. The van der Waals surface area contributed by atoms with Crippen LogP contribution in [0.25, 0.3) is 16.9 Å². The maximum atomic E-state index is 11.4. The van der Waals surface area contributed by atoms with Gasteiger partial charge in [0, 0.05) is 6.04 Å². The van der Waals surface area contributed by atoms with E-state index >= 15 is 0 Å². The maximum absolute atomic E-state index is 11.4. The highest BCUT2D eigenvalue weighted by Crippen LogP contribution is 2.31. The van der Waals surface area contributed by atoms with E-state index in [1.54, 1.807) is 22.5 Å². The van der Waals surface area contributed by atoms with Gasteiger partial charge in [0.15, 0.2) is 0 Å². The van der Waals surface area contributed by atoms with Crippen molar-refractivity contribution in [1.82, 2.24) is 19.3 Å². The summed E-state index contributed by atoms with van der Waals surface area (Å²) in [6.07, 6.45) is 1.60. The Hall–Kier alpha value is -2.70. The van der Waals surface area contributed by atoms with Gasteiger partial charge in [-0.05, 0) is 32.9 Å². The van der Waals surface area contributed by atoms with Gasteiger partial charge < -0.3 is 0 Å². The summed E-state index contributed by atoms with van der Waals surface area (Å²) in [5, 5.41) is 15.7. The summed E-state index contributed by atoms with van der Waals surface area (Å²) in [6.45, 7) is 5.54. The number of hydrogen-bond acceptors (Lipinski definition) is 4. The largest absolute Gasteiger partial charge is 0.334 e. The molecule has 3 rings (SSSR count). The fourth-order valence-corrected chi connectivity index (χ4v) is 2.45. The van der Waals surface area contributed by atoms with Crippen molar-refractivity contribution in [3.8, 4) is 5.82 Å². The molecule has 0 aliphatic carbocycles. The highest BCUT2D eigenvalue weighted by molar-refractivity contribution is 5.78. The van der Waals surface area contributed by atoms with Crippen LogP contribution < -0.4 is 0 Å². The van der Waals surface area contributed by atoms with Crippen LogP contribution >= 0.6 is 0 Å². The topological polar surface area (TPSA) is 78.8 Å². The van der Waals surface area contributed by atoms with Crippen molar-refractivity contribution in [1.29, 1.82) is 0 Å². The molecule has 0 saturated carbocycles. The molecule has 0 bridgehead atoms. The first kappa shape index (κ1) is 13.3. The molecule has 0 N–H and O–H groups in total. The van der Waals surface area contributed by atoms with Crippen molar-refractivity contribution in [3.63, 3.8) is 0 Å². The molecule has 0 fully saturated rings. The van der Waals surface area contributed by atoms with Gasteiger partial charge in [0.1, 0.15) is 12.0 Å². The predicted octanol–water partition coefficient (Wildman–Crippen LogP) is 3.02. The Balaban J connectivity index is 2.38. The second-order valence-electron chi connectivity index (χ2n) is 5.16. The standard InChI is InChI=1S/C14H15N5O2/c1-9(2)18-14(13(19(20)21)10(3)16-18)17-8-15-11-6-4-5-7-12(11)17/h4-9H,1-3H3. The zero-order valence-corrected chi connectivity index (χ0v) is 12.0. The average molecular weight is 285 g/mol. The highest BCUT2D eigenvalue weighted by atomic mass is 16.6. The SMILES string of the molecule is Cc1nn(C(C)C)c(-n2cnc3ccccc32)c1[N+](=O)[O-]. The molecular weight excluding hydrogens is 270 g/mol. The van der Waals surface area contributed by atoms with Crippen LogP contribution in [0.1, 0.15) is 25.6 Å². The molecule has 0 aliphatic rings. The van der Waals surface area contributed by atoms with Gasteiger partial charge in [-0.3, -0.25) is 14.7 Å². The van der Waals surface area contributed by atoms with E-state index in [-0.39, 0.29) is 16.7 Å². The molecule has 0 radical (unpaired) electrons. The van der Waals surface area contributed by atoms with Crippen molar-refractivity contribution in [3.05, 3.63) is 46.4 Å². The summed E-state index contributed by atoms with van der Waals surface area (Å²) in [5.74, 6) is 0.446. The van der Waals surface area contributed by atoms with Crippen LogP contribution in [-0.4, -0.2) is 24.3 Å². The molecule has 3 aromatic rings. The minimum absolute atomic E-state index is 0.00793. The smallest absolute Gasteiger partial charge is 0.277 e. The Bertz CT molecular complexity index is 831. The van der Waals surface area contributed by atoms with Crippen molar-refractivity contribution in [2.45, 2.75) is 26.8 Å². The van der Waals surface area contributed by atoms with Crippen molar-refractivity contribution in [2.24, 2.45) is 0 Å². The lowest BCUT2D eigenvalue weighted by atomic mass is 10.3. The van der Waals surface area contributed by atoms with Gasteiger partial charge in [0.2, 0.25) is 5.82 Å². The van der Waals surface area contributed by atoms with E-state index in [9.17, 15) is 10.1 Å². The molecule has 0 atom stereocenters. The van der Waals surface area contributed by atoms with Gasteiger partial charge >= 0.3 is 5.69 Å². The molecule has 108 valence electrons. The summed E-state index contributed by atoms with van der Waals surface area (Å²) < 4.78 is 3.40. The number of benzene rings is 1. The summed E-state index contributed by atoms with van der Waals surface area (Å²) in [6, 6.07) is 7.54. The number of imidazole rings is 1. The van der Waals surface area contributed by atoms with Gasteiger partial charge in [0.05, 0.1) is 16.0 Å². The number of rotatable bonds is 3. The summed E-state index contributed by atoms with van der Waals surface area (Å²) in [4.78, 5) is 15.3. The molecule has 0 aliphatic heterocycles. The Morgan fingerprint density at radius 1 is 1.29 bits per heavy atom. The third kappa shape index (κ3) is 1.97. The fourth-order valence-electron chi connectivity index (χ4n) is 2.45. The number of fused-ring (bicyclic) bond motifs is 1. The summed E-state index contributed by atoms with van der Waals surface area (Å²) in [5.41, 5.74) is 2.04. The third-order valence-electron chi connectivity index (χ3n) is 3.38. The molecule has 0 saturated heterocycles. The highest BCUT2D eigenvalue weighted by Gasteiger charge is 2.28. The third-order valence-corrected chi connectivity index (χ3v) is 3.38. The molecule has 0 unspecified atom stereocenters. The lowest BCUT2D eigenvalue weighted by Crippen LogP contribution is -2.10. The molecule has 2 heterocycles. The van der Waals surface area contributed by atoms with Crippen molar-refractivity contribution >= 4 is 16.7 Å². The van der Waals surface area contributed by atoms with E-state index in [4.69, 9.17) is 0 Å². The van der Waals surface area contributed by atoms with E-state index < -0.39 is 0 Å². The van der Waals surface area contributed by atoms with Crippen LogP contribution in [0.3, 0.4) is 0 Å². The zero-order chi connectivity index (χ0) is 15.1. The van der Waals surface area contributed by atoms with Gasteiger partial charge in [0.25, 0.3) is 0 Å². The van der Waals surface area contributed by atoms with E-state index in [0.717, 1.165) is 11.0 Å². The lowest BCUT2D eigenvalue weighted by Gasteiger charge is -2.11. The molecule has 2 aromatic heterocycles. The van der Waals surface area contributed by atoms with Gasteiger partial charge in [-0.1, -0.05) is 12.1 Å². The molecular formula is C14H15N5O2. The van der Waals surface area contributed by atoms with E-state index in [0.29, 0.717) is 11.5 Å². The molecule has 7 nitrogen and oxygen atoms in total. The number of aryl methyl sites for hydroxylation is 1. The van der Waals surface area contributed by atoms with Gasteiger partial charge in [-0.15, -0.1) is 0 Å². The van der Waals surface area contributed by atoms with Crippen LogP contribution in [0.5, 0.6) is 0 Å². The van der Waals surface area contributed by atoms with Crippen LogP contribution in [-0.2, 0) is 0 Å². The molecule has 0 spiro atoms. The number of aromatic nitrogens is 4. The summed E-state index contributed by atoms with van der Waals surface area (Å²) >= 11 is 0. The van der Waals surface area contributed by atoms with Crippen molar-refractivity contribution < 1.29 is 4.92 Å². The first-order valence-electron chi connectivity index (χ1n) is 6.66. The Kier molecular flexibility index (Phi) is 2.97. The Morgan fingerprint density at radius 3 is 2.67 bits per heavy atom.